The molecule has 1 aliphatic rings. The van der Waals surface area contributed by atoms with E-state index in [4.69, 9.17) is 0 Å². The largest absolute Gasteiger partial charge is 0.0654 e. The van der Waals surface area contributed by atoms with E-state index < -0.39 is 0 Å². The monoisotopic (exact) mass is 322 g/mol. The molecular formula is C23H46. The lowest BCUT2D eigenvalue weighted by Crippen LogP contribution is -2.33. The molecule has 0 aliphatic heterocycles. The fraction of sp³-hybridized carbons (Fsp3) is 1.00. The highest BCUT2D eigenvalue weighted by Gasteiger charge is 2.42. The average molecular weight is 323 g/mol. The van der Waals surface area contributed by atoms with E-state index in [0.717, 1.165) is 23.7 Å². The molecule has 138 valence electrons. The quantitative estimate of drug-likeness (QED) is 0.481. The molecule has 1 fully saturated rings. The molecule has 0 saturated heterocycles. The second kappa shape index (κ2) is 7.49. The lowest BCUT2D eigenvalue weighted by atomic mass is 9.63. The highest BCUT2D eigenvalue weighted by atomic mass is 14.5. The van der Waals surface area contributed by atoms with Gasteiger partial charge in [0.25, 0.3) is 0 Å². The minimum absolute atomic E-state index is 0.439. The molecule has 0 nitrogen and oxygen atoms in total. The van der Waals surface area contributed by atoms with Crippen LogP contribution in [0.3, 0.4) is 0 Å². The summed E-state index contributed by atoms with van der Waals surface area (Å²) in [5, 5.41) is 0. The summed E-state index contributed by atoms with van der Waals surface area (Å²) in [5.74, 6) is 3.62. The molecule has 4 atom stereocenters. The van der Waals surface area contributed by atoms with Crippen LogP contribution in [0.4, 0.5) is 0 Å². The summed E-state index contributed by atoms with van der Waals surface area (Å²) < 4.78 is 0. The van der Waals surface area contributed by atoms with Gasteiger partial charge in [0.15, 0.2) is 0 Å². The van der Waals surface area contributed by atoms with E-state index in [9.17, 15) is 0 Å². The van der Waals surface area contributed by atoms with E-state index >= 15 is 0 Å². The zero-order valence-electron chi connectivity index (χ0n) is 18.1. The van der Waals surface area contributed by atoms with Gasteiger partial charge in [-0.25, -0.2) is 0 Å². The van der Waals surface area contributed by atoms with Gasteiger partial charge >= 0.3 is 0 Å². The molecule has 1 rings (SSSR count). The maximum Gasteiger partial charge on any atom is -0.0334 e. The molecule has 0 spiro atoms. The van der Waals surface area contributed by atoms with Gasteiger partial charge in [0.2, 0.25) is 0 Å². The van der Waals surface area contributed by atoms with Crippen molar-refractivity contribution in [2.45, 2.75) is 108 Å². The Balaban J connectivity index is 2.90. The first kappa shape index (κ1) is 21.0. The van der Waals surface area contributed by atoms with Gasteiger partial charge in [-0.2, -0.15) is 0 Å². The fourth-order valence-electron chi connectivity index (χ4n) is 4.98. The van der Waals surface area contributed by atoms with Crippen molar-refractivity contribution < 1.29 is 0 Å². The Kier molecular flexibility index (Phi) is 6.85. The van der Waals surface area contributed by atoms with Crippen LogP contribution in [0.15, 0.2) is 0 Å². The van der Waals surface area contributed by atoms with Crippen molar-refractivity contribution in [1.82, 2.24) is 0 Å². The molecule has 0 heterocycles. The molecular weight excluding hydrogens is 276 g/mol. The molecule has 1 aliphatic carbocycles. The van der Waals surface area contributed by atoms with Crippen LogP contribution in [0, 0.1) is 39.9 Å². The summed E-state index contributed by atoms with van der Waals surface area (Å²) in [4.78, 5) is 0. The second-order valence-corrected chi connectivity index (χ2v) is 11.7. The smallest absolute Gasteiger partial charge is 0.0334 e. The number of hydrogen-bond acceptors (Lipinski definition) is 0. The molecule has 4 unspecified atom stereocenters. The molecule has 0 N–H and O–H groups in total. The van der Waals surface area contributed by atoms with Gasteiger partial charge in [0, 0.05) is 0 Å². The molecule has 0 aromatic carbocycles. The predicted octanol–water partition coefficient (Wildman–Crippen LogP) is 7.96. The van der Waals surface area contributed by atoms with E-state index in [1.165, 1.54) is 38.5 Å². The average Bonchev–Trinajstić information content (AvgIpc) is 2.80. The normalized spacial score (nSPS) is 26.3. The molecule has 0 heteroatoms. The van der Waals surface area contributed by atoms with Gasteiger partial charge in [-0.1, -0.05) is 82.1 Å². The van der Waals surface area contributed by atoms with Gasteiger partial charge in [-0.05, 0) is 65.6 Å². The van der Waals surface area contributed by atoms with E-state index in [1.807, 2.05) is 0 Å². The first-order chi connectivity index (χ1) is 10.3. The van der Waals surface area contributed by atoms with Gasteiger partial charge in [-0.15, -0.1) is 0 Å². The third-order valence-electron chi connectivity index (χ3n) is 6.78. The maximum absolute atomic E-state index is 2.49. The molecule has 0 bridgehead atoms. The van der Waals surface area contributed by atoms with Crippen molar-refractivity contribution in [1.29, 1.82) is 0 Å². The highest BCUT2D eigenvalue weighted by Crippen LogP contribution is 2.51. The van der Waals surface area contributed by atoms with Crippen molar-refractivity contribution in [2.75, 3.05) is 0 Å². The van der Waals surface area contributed by atoms with Crippen LogP contribution in [-0.2, 0) is 0 Å². The lowest BCUT2D eigenvalue weighted by molar-refractivity contribution is 0.0787. The Morgan fingerprint density at radius 3 is 1.74 bits per heavy atom. The van der Waals surface area contributed by atoms with E-state index in [2.05, 4.69) is 69.2 Å². The van der Waals surface area contributed by atoms with Gasteiger partial charge in [-0.3, -0.25) is 0 Å². The van der Waals surface area contributed by atoms with Gasteiger partial charge in [0.05, 0.1) is 0 Å². The van der Waals surface area contributed by atoms with Crippen LogP contribution in [0.25, 0.3) is 0 Å². The van der Waals surface area contributed by atoms with Crippen LogP contribution >= 0.6 is 0 Å². The standard InChI is InChI=1S/C23H46/c1-11-12-18(21(2,3)4)16-20(23(8,9)10)17-13-14-19(15-17)22(5,6)7/h17-20H,11-16H2,1-10H3. The van der Waals surface area contributed by atoms with Crippen molar-refractivity contribution in [3.8, 4) is 0 Å². The first-order valence-corrected chi connectivity index (χ1v) is 10.3. The van der Waals surface area contributed by atoms with E-state index in [-0.39, 0.29) is 0 Å². The van der Waals surface area contributed by atoms with Crippen LogP contribution < -0.4 is 0 Å². The molecule has 23 heavy (non-hydrogen) atoms. The topological polar surface area (TPSA) is 0 Å². The minimum Gasteiger partial charge on any atom is -0.0654 e. The molecule has 1 saturated carbocycles. The van der Waals surface area contributed by atoms with Crippen molar-refractivity contribution >= 4 is 0 Å². The third kappa shape index (κ3) is 6.09. The molecule has 0 radical (unpaired) electrons. The van der Waals surface area contributed by atoms with Crippen molar-refractivity contribution in [3.05, 3.63) is 0 Å². The third-order valence-corrected chi connectivity index (χ3v) is 6.78. The first-order valence-electron chi connectivity index (χ1n) is 10.3. The predicted molar refractivity (Wildman–Crippen MR) is 106 cm³/mol. The summed E-state index contributed by atoms with van der Waals surface area (Å²) >= 11 is 0. The Hall–Kier alpha value is 0. The van der Waals surface area contributed by atoms with Gasteiger partial charge in [0.1, 0.15) is 0 Å². The van der Waals surface area contributed by atoms with E-state index in [0.29, 0.717) is 16.2 Å². The summed E-state index contributed by atoms with van der Waals surface area (Å²) in [7, 11) is 0. The zero-order chi connectivity index (χ0) is 18.1. The Morgan fingerprint density at radius 2 is 1.39 bits per heavy atom. The second-order valence-electron chi connectivity index (χ2n) is 11.7. The zero-order valence-corrected chi connectivity index (χ0v) is 18.1. The minimum atomic E-state index is 0.439. The summed E-state index contributed by atoms with van der Waals surface area (Å²) in [5.41, 5.74) is 1.38. The van der Waals surface area contributed by atoms with Gasteiger partial charge < -0.3 is 0 Å². The van der Waals surface area contributed by atoms with Crippen molar-refractivity contribution in [2.24, 2.45) is 39.9 Å². The van der Waals surface area contributed by atoms with E-state index in [1.54, 1.807) is 0 Å². The highest BCUT2D eigenvalue weighted by molar-refractivity contribution is 4.92. The molecule has 0 amide bonds. The summed E-state index contributed by atoms with van der Waals surface area (Å²) in [6, 6.07) is 0. The summed E-state index contributed by atoms with van der Waals surface area (Å²) in [6.07, 6.45) is 8.54. The van der Waals surface area contributed by atoms with Crippen LogP contribution in [0.1, 0.15) is 108 Å². The number of hydrogen-bond donors (Lipinski definition) is 0. The Labute approximate surface area is 148 Å². The van der Waals surface area contributed by atoms with Crippen LogP contribution in [0.5, 0.6) is 0 Å². The maximum atomic E-state index is 2.49. The van der Waals surface area contributed by atoms with Crippen molar-refractivity contribution in [3.63, 3.8) is 0 Å². The lowest BCUT2D eigenvalue weighted by Gasteiger charge is -2.42. The fourth-order valence-corrected chi connectivity index (χ4v) is 4.98. The number of rotatable bonds is 5. The molecule has 0 aromatic heterocycles. The molecule has 0 aromatic rings. The SMILES string of the molecule is CCCC(CC(C1CCC(C(C)(C)C)C1)C(C)(C)C)C(C)(C)C. The summed E-state index contributed by atoms with van der Waals surface area (Å²) in [6.45, 7) is 24.5. The van der Waals surface area contributed by atoms with Crippen LogP contribution in [0.2, 0.25) is 0 Å². The van der Waals surface area contributed by atoms with Crippen LogP contribution in [-0.4, -0.2) is 0 Å². The Bertz CT molecular complexity index is 344. The Morgan fingerprint density at radius 1 is 0.826 bits per heavy atom.